The van der Waals surface area contributed by atoms with Crippen molar-refractivity contribution < 1.29 is 19.1 Å². The third-order valence-electron chi connectivity index (χ3n) is 4.00. The number of anilines is 1. The number of ether oxygens (including phenoxy) is 1. The lowest BCUT2D eigenvalue weighted by atomic mass is 10.2. The summed E-state index contributed by atoms with van der Waals surface area (Å²) in [5, 5.41) is 2.77. The molecule has 0 aliphatic carbocycles. The van der Waals surface area contributed by atoms with Crippen molar-refractivity contribution in [3.63, 3.8) is 0 Å². The van der Waals surface area contributed by atoms with Crippen LogP contribution in [0, 0.1) is 6.92 Å². The van der Waals surface area contributed by atoms with Crippen LogP contribution in [0.15, 0.2) is 46.9 Å². The minimum atomic E-state index is -0.486. The molecule has 0 fully saturated rings. The van der Waals surface area contributed by atoms with E-state index in [0.717, 1.165) is 22.9 Å². The van der Waals surface area contributed by atoms with Crippen molar-refractivity contribution in [1.82, 2.24) is 10.9 Å². The number of halogens is 1. The highest BCUT2D eigenvalue weighted by atomic mass is 79.9. The number of rotatable bonds is 8. The third-order valence-corrected chi connectivity index (χ3v) is 4.49. The van der Waals surface area contributed by atoms with Gasteiger partial charge in [0.05, 0.1) is 0 Å². The van der Waals surface area contributed by atoms with Gasteiger partial charge in [0.1, 0.15) is 5.75 Å². The monoisotopic (exact) mass is 461 g/mol. The van der Waals surface area contributed by atoms with Gasteiger partial charge < -0.3 is 10.1 Å². The lowest BCUT2D eigenvalue weighted by Crippen LogP contribution is -2.43. The van der Waals surface area contributed by atoms with Crippen molar-refractivity contribution in [2.45, 2.75) is 33.1 Å². The van der Waals surface area contributed by atoms with Crippen molar-refractivity contribution in [1.29, 1.82) is 0 Å². The molecule has 0 heterocycles. The number of unbranched alkanes of at least 4 members (excludes halogenated alkanes) is 1. The topological polar surface area (TPSA) is 96.5 Å². The Morgan fingerprint density at radius 3 is 2.38 bits per heavy atom. The van der Waals surface area contributed by atoms with Crippen LogP contribution in [0.25, 0.3) is 0 Å². The zero-order valence-corrected chi connectivity index (χ0v) is 18.0. The average molecular weight is 462 g/mol. The van der Waals surface area contributed by atoms with Crippen LogP contribution >= 0.6 is 15.9 Å². The summed E-state index contributed by atoms with van der Waals surface area (Å²) in [5.74, 6) is -0.425. The molecule has 8 heteroatoms. The van der Waals surface area contributed by atoms with E-state index in [9.17, 15) is 14.4 Å². The van der Waals surface area contributed by atoms with E-state index in [2.05, 4.69) is 32.1 Å². The molecule has 0 atom stereocenters. The van der Waals surface area contributed by atoms with Crippen LogP contribution in [0.5, 0.6) is 5.75 Å². The summed E-state index contributed by atoms with van der Waals surface area (Å²) in [6.45, 7) is 3.66. The maximum absolute atomic E-state index is 12.1. The number of carbonyl (C=O) groups is 3. The number of carbonyl (C=O) groups excluding carboxylic acids is 3. The van der Waals surface area contributed by atoms with E-state index in [1.165, 1.54) is 0 Å². The Bertz CT molecular complexity index is 869. The molecule has 154 valence electrons. The van der Waals surface area contributed by atoms with Crippen LogP contribution in [0.3, 0.4) is 0 Å². The fraction of sp³-hybridized carbons (Fsp3) is 0.286. The largest absolute Gasteiger partial charge is 0.483 e. The third kappa shape index (κ3) is 7.57. The van der Waals surface area contributed by atoms with Gasteiger partial charge in [-0.1, -0.05) is 29.3 Å². The molecule has 0 saturated carbocycles. The Morgan fingerprint density at radius 1 is 1.00 bits per heavy atom. The van der Waals surface area contributed by atoms with Gasteiger partial charge in [-0.05, 0) is 61.4 Å². The number of nitrogens with one attached hydrogen (secondary N) is 3. The van der Waals surface area contributed by atoms with Crippen molar-refractivity contribution in [2.75, 3.05) is 11.9 Å². The zero-order valence-electron chi connectivity index (χ0n) is 16.4. The highest BCUT2D eigenvalue weighted by molar-refractivity contribution is 9.10. The standard InChI is InChI=1S/C21H24BrN3O4/c1-3-4-5-19(26)23-17-9-6-15(7-10-17)21(28)25-24-20(27)13-29-18-11-8-16(22)12-14(18)2/h6-12H,3-5,13H2,1-2H3,(H,23,26)(H,24,27)(H,25,28). The zero-order chi connectivity index (χ0) is 21.2. The Hall–Kier alpha value is -2.87. The predicted octanol–water partition coefficient (Wildman–Crippen LogP) is 3.73. The van der Waals surface area contributed by atoms with E-state index < -0.39 is 11.8 Å². The Labute approximate surface area is 178 Å². The molecule has 2 aromatic carbocycles. The lowest BCUT2D eigenvalue weighted by Gasteiger charge is -2.11. The molecule has 0 saturated heterocycles. The number of hydrazine groups is 1. The first-order valence-corrected chi connectivity index (χ1v) is 10.1. The summed E-state index contributed by atoms with van der Waals surface area (Å²) in [4.78, 5) is 35.7. The fourth-order valence-electron chi connectivity index (χ4n) is 2.42. The van der Waals surface area contributed by atoms with Crippen LogP contribution in [0.1, 0.15) is 42.1 Å². The summed E-state index contributed by atoms with van der Waals surface area (Å²) < 4.78 is 6.37. The Balaban J connectivity index is 1.77. The van der Waals surface area contributed by atoms with E-state index in [-0.39, 0.29) is 12.5 Å². The quantitative estimate of drug-likeness (QED) is 0.521. The molecule has 2 rings (SSSR count). The first-order chi connectivity index (χ1) is 13.9. The summed E-state index contributed by atoms with van der Waals surface area (Å²) in [5.41, 5.74) is 6.49. The first kappa shape index (κ1) is 22.4. The maximum Gasteiger partial charge on any atom is 0.276 e. The molecule has 0 unspecified atom stereocenters. The van der Waals surface area contributed by atoms with Gasteiger partial charge in [-0.25, -0.2) is 0 Å². The second kappa shape index (κ2) is 11.2. The van der Waals surface area contributed by atoms with Crippen LogP contribution in [-0.4, -0.2) is 24.3 Å². The van der Waals surface area contributed by atoms with Gasteiger partial charge in [0.2, 0.25) is 5.91 Å². The van der Waals surface area contributed by atoms with Crippen molar-refractivity contribution in [3.8, 4) is 5.75 Å². The van der Waals surface area contributed by atoms with Crippen molar-refractivity contribution >= 4 is 39.3 Å². The molecule has 0 bridgehead atoms. The molecule has 0 aromatic heterocycles. The molecular weight excluding hydrogens is 438 g/mol. The van der Waals surface area contributed by atoms with Gasteiger partial charge in [-0.3, -0.25) is 25.2 Å². The predicted molar refractivity (Wildman–Crippen MR) is 115 cm³/mol. The lowest BCUT2D eigenvalue weighted by molar-refractivity contribution is -0.123. The number of amides is 3. The molecule has 3 amide bonds. The molecule has 0 radical (unpaired) electrons. The van der Waals surface area contributed by atoms with Crippen LogP contribution < -0.4 is 20.9 Å². The smallest absolute Gasteiger partial charge is 0.276 e. The first-order valence-electron chi connectivity index (χ1n) is 9.27. The van der Waals surface area contributed by atoms with E-state index in [1.807, 2.05) is 26.0 Å². The molecule has 7 nitrogen and oxygen atoms in total. The van der Waals surface area contributed by atoms with E-state index in [4.69, 9.17) is 4.74 Å². The van der Waals surface area contributed by atoms with Gasteiger partial charge in [0.15, 0.2) is 6.61 Å². The number of hydrogen-bond acceptors (Lipinski definition) is 4. The van der Waals surface area contributed by atoms with Gasteiger partial charge >= 0.3 is 0 Å². The van der Waals surface area contributed by atoms with E-state index in [1.54, 1.807) is 30.3 Å². The summed E-state index contributed by atoms with van der Waals surface area (Å²) in [6, 6.07) is 11.9. The second-order valence-corrected chi connectivity index (χ2v) is 7.35. The summed E-state index contributed by atoms with van der Waals surface area (Å²) >= 11 is 3.36. The van der Waals surface area contributed by atoms with E-state index >= 15 is 0 Å². The molecule has 0 aliphatic rings. The number of aryl methyl sites for hydroxylation is 1. The van der Waals surface area contributed by atoms with Gasteiger partial charge in [0.25, 0.3) is 11.8 Å². The van der Waals surface area contributed by atoms with Crippen molar-refractivity contribution in [3.05, 3.63) is 58.1 Å². The molecular formula is C21H24BrN3O4. The minimum absolute atomic E-state index is 0.0580. The van der Waals surface area contributed by atoms with Gasteiger partial charge in [-0.15, -0.1) is 0 Å². The van der Waals surface area contributed by atoms with Crippen LogP contribution in [-0.2, 0) is 9.59 Å². The molecule has 2 aromatic rings. The van der Waals surface area contributed by atoms with E-state index in [0.29, 0.717) is 23.4 Å². The van der Waals surface area contributed by atoms with Crippen molar-refractivity contribution in [2.24, 2.45) is 0 Å². The molecule has 0 spiro atoms. The highest BCUT2D eigenvalue weighted by Gasteiger charge is 2.09. The molecule has 3 N–H and O–H groups in total. The van der Waals surface area contributed by atoms with Crippen LogP contribution in [0.4, 0.5) is 5.69 Å². The summed E-state index contributed by atoms with van der Waals surface area (Å²) in [7, 11) is 0. The molecule has 0 aliphatic heterocycles. The average Bonchev–Trinajstić information content (AvgIpc) is 2.70. The Kier molecular flexibility index (Phi) is 8.67. The Morgan fingerprint density at radius 2 is 1.72 bits per heavy atom. The fourth-order valence-corrected chi connectivity index (χ4v) is 2.89. The number of hydrogen-bond donors (Lipinski definition) is 3. The molecule has 29 heavy (non-hydrogen) atoms. The van der Waals surface area contributed by atoms with Gasteiger partial charge in [0, 0.05) is 22.1 Å². The van der Waals surface area contributed by atoms with Crippen LogP contribution in [0.2, 0.25) is 0 Å². The maximum atomic E-state index is 12.1. The summed E-state index contributed by atoms with van der Waals surface area (Å²) in [6.07, 6.45) is 2.25. The minimum Gasteiger partial charge on any atom is -0.483 e. The second-order valence-electron chi connectivity index (χ2n) is 6.43. The highest BCUT2D eigenvalue weighted by Crippen LogP contribution is 2.21. The normalized spacial score (nSPS) is 10.2. The number of benzene rings is 2. The van der Waals surface area contributed by atoms with Gasteiger partial charge in [-0.2, -0.15) is 0 Å². The SMILES string of the molecule is CCCCC(=O)Nc1ccc(C(=O)NNC(=O)COc2ccc(Br)cc2C)cc1.